The molecule has 0 spiro atoms. The van der Waals surface area contributed by atoms with Gasteiger partial charge in [-0.3, -0.25) is 10.1 Å². The highest BCUT2D eigenvalue weighted by atomic mass is 32.2. The van der Waals surface area contributed by atoms with E-state index in [1.807, 2.05) is 0 Å². The van der Waals surface area contributed by atoms with E-state index in [9.17, 15) is 22.8 Å². The fourth-order valence-corrected chi connectivity index (χ4v) is 4.05. The number of urea groups is 1. The van der Waals surface area contributed by atoms with Gasteiger partial charge in [-0.15, -0.1) is 0 Å². The molecule has 1 aromatic rings. The number of imide groups is 1. The van der Waals surface area contributed by atoms with Crippen LogP contribution in [0.1, 0.15) is 43.0 Å². The lowest BCUT2D eigenvalue weighted by atomic mass is 9.86. The highest BCUT2D eigenvalue weighted by Crippen LogP contribution is 2.23. The van der Waals surface area contributed by atoms with Crippen LogP contribution in [0.4, 0.5) is 4.79 Å². The third-order valence-electron chi connectivity index (χ3n) is 4.86. The summed E-state index contributed by atoms with van der Waals surface area (Å²) in [5.41, 5.74) is -0.0128. The number of benzene rings is 1. The highest BCUT2D eigenvalue weighted by Gasteiger charge is 2.24. The molecule has 0 radical (unpaired) electrons. The molecule has 2 N–H and O–H groups in total. The molecule has 1 saturated carbocycles. The number of nitrogens with zero attached hydrogens (tertiary/aromatic N) is 1. The van der Waals surface area contributed by atoms with Crippen molar-refractivity contribution in [2.24, 2.45) is 5.92 Å². The molecule has 2 atom stereocenters. The summed E-state index contributed by atoms with van der Waals surface area (Å²) in [6, 6.07) is 4.71. The van der Waals surface area contributed by atoms with Gasteiger partial charge in [0, 0.05) is 20.1 Å². The summed E-state index contributed by atoms with van der Waals surface area (Å²) in [5.74, 6) is -1.29. The quantitative estimate of drug-likeness (QED) is 0.666. The lowest BCUT2D eigenvalue weighted by Crippen LogP contribution is -2.48. The van der Waals surface area contributed by atoms with Crippen LogP contribution in [0.5, 0.6) is 0 Å². The van der Waals surface area contributed by atoms with Crippen LogP contribution in [0.25, 0.3) is 0 Å². The topological polar surface area (TPSA) is 122 Å². The van der Waals surface area contributed by atoms with Crippen LogP contribution in [0.15, 0.2) is 29.2 Å². The number of hydrogen-bond donors (Lipinski definition) is 2. The van der Waals surface area contributed by atoms with E-state index in [1.54, 1.807) is 0 Å². The van der Waals surface area contributed by atoms with E-state index in [0.717, 1.165) is 30.0 Å². The van der Waals surface area contributed by atoms with Gasteiger partial charge < -0.3 is 10.1 Å². The largest absolute Gasteiger partial charge is 0.452 e. The van der Waals surface area contributed by atoms with E-state index < -0.39 is 34.5 Å². The molecule has 3 amide bonds. The Morgan fingerprint density at radius 1 is 1.17 bits per heavy atom. The fourth-order valence-electron chi connectivity index (χ4n) is 3.11. The van der Waals surface area contributed by atoms with Crippen molar-refractivity contribution in [3.8, 4) is 0 Å². The van der Waals surface area contributed by atoms with Crippen molar-refractivity contribution in [2.75, 3.05) is 20.7 Å². The first-order valence-electron chi connectivity index (χ1n) is 9.41. The average Bonchev–Trinajstić information content (AvgIpc) is 2.67. The average molecular weight is 426 g/mol. The third-order valence-corrected chi connectivity index (χ3v) is 6.67. The minimum absolute atomic E-state index is 0.0128. The van der Waals surface area contributed by atoms with Gasteiger partial charge in [0.25, 0.3) is 5.91 Å². The highest BCUT2D eigenvalue weighted by molar-refractivity contribution is 7.89. The van der Waals surface area contributed by atoms with Gasteiger partial charge >= 0.3 is 12.0 Å². The van der Waals surface area contributed by atoms with Gasteiger partial charge in [-0.2, -0.15) is 0 Å². The molecule has 0 heterocycles. The first-order valence-corrected chi connectivity index (χ1v) is 10.9. The first-order chi connectivity index (χ1) is 13.6. The Kier molecular flexibility index (Phi) is 7.74. The number of carbonyl (C=O) groups excluding carboxylic acids is 3. The smallest absolute Gasteiger partial charge is 0.338 e. The number of rotatable bonds is 6. The van der Waals surface area contributed by atoms with E-state index >= 15 is 0 Å². The summed E-state index contributed by atoms with van der Waals surface area (Å²) in [5, 5.41) is 4.91. The second-order valence-electron chi connectivity index (χ2n) is 7.28. The van der Waals surface area contributed by atoms with Crippen LogP contribution in [0.3, 0.4) is 0 Å². The molecule has 0 aliphatic heterocycles. The van der Waals surface area contributed by atoms with Crippen molar-refractivity contribution in [1.29, 1.82) is 0 Å². The van der Waals surface area contributed by atoms with Crippen molar-refractivity contribution < 1.29 is 27.5 Å². The molecule has 10 heteroatoms. The van der Waals surface area contributed by atoms with Crippen LogP contribution in [0.2, 0.25) is 0 Å². The predicted octanol–water partition coefficient (Wildman–Crippen LogP) is 1.50. The van der Waals surface area contributed by atoms with Gasteiger partial charge in [-0.25, -0.2) is 22.3 Å². The van der Waals surface area contributed by atoms with E-state index in [4.69, 9.17) is 4.74 Å². The summed E-state index contributed by atoms with van der Waals surface area (Å²) in [7, 11) is -0.948. The second kappa shape index (κ2) is 9.84. The van der Waals surface area contributed by atoms with Gasteiger partial charge in [0.1, 0.15) is 0 Å². The summed E-state index contributed by atoms with van der Waals surface area (Å²) in [4.78, 5) is 35.9. The fraction of sp³-hybridized carbons (Fsp3) is 0.526. The van der Waals surface area contributed by atoms with Gasteiger partial charge in [0.2, 0.25) is 10.0 Å². The zero-order valence-electron chi connectivity index (χ0n) is 16.8. The summed E-state index contributed by atoms with van der Waals surface area (Å²) < 4.78 is 30.2. The zero-order valence-corrected chi connectivity index (χ0v) is 17.6. The normalized spacial score (nSPS) is 19.4. The molecule has 1 fully saturated rings. The first kappa shape index (κ1) is 22.8. The van der Waals surface area contributed by atoms with Crippen molar-refractivity contribution in [1.82, 2.24) is 14.9 Å². The minimum atomic E-state index is -3.71. The number of amides is 3. The predicted molar refractivity (Wildman–Crippen MR) is 106 cm³/mol. The molecular formula is C19H27N3O6S. The second-order valence-corrected chi connectivity index (χ2v) is 9.43. The maximum atomic E-state index is 12.1. The number of esters is 1. The standard InChI is InChI=1S/C19H27N3O6S/c1-13-7-4-5-10-16(13)20-19(25)21-17(23)12-28-18(24)14-8-6-9-15(11-14)29(26,27)22(2)3/h6,8-9,11,13,16H,4-5,7,10,12H2,1-3H3,(H2,20,21,23,25)/t13-,16-/m0/s1. The Bertz CT molecular complexity index is 868. The number of hydrogen-bond acceptors (Lipinski definition) is 6. The number of carbonyl (C=O) groups is 3. The van der Waals surface area contributed by atoms with Crippen LogP contribution < -0.4 is 10.6 Å². The van der Waals surface area contributed by atoms with Crippen LogP contribution in [0, 0.1) is 5.92 Å². The van der Waals surface area contributed by atoms with Gasteiger partial charge in [0.05, 0.1) is 10.5 Å². The molecule has 9 nitrogen and oxygen atoms in total. The molecule has 1 aliphatic rings. The van der Waals surface area contributed by atoms with E-state index in [0.29, 0.717) is 5.92 Å². The molecule has 29 heavy (non-hydrogen) atoms. The Morgan fingerprint density at radius 2 is 1.86 bits per heavy atom. The van der Waals surface area contributed by atoms with Crippen LogP contribution >= 0.6 is 0 Å². The third kappa shape index (κ3) is 6.26. The number of ether oxygens (including phenoxy) is 1. The molecule has 0 aromatic heterocycles. The lowest BCUT2D eigenvalue weighted by Gasteiger charge is -2.29. The molecule has 0 saturated heterocycles. The molecule has 0 unspecified atom stereocenters. The lowest BCUT2D eigenvalue weighted by molar-refractivity contribution is -0.123. The molecule has 0 bridgehead atoms. The maximum absolute atomic E-state index is 12.1. The number of sulfonamides is 1. The SMILES string of the molecule is C[C@H]1CCCC[C@@H]1NC(=O)NC(=O)COC(=O)c1cccc(S(=O)(=O)N(C)C)c1. The summed E-state index contributed by atoms with van der Waals surface area (Å²) >= 11 is 0. The van der Waals surface area contributed by atoms with E-state index in [2.05, 4.69) is 17.6 Å². The van der Waals surface area contributed by atoms with Crippen molar-refractivity contribution in [3.63, 3.8) is 0 Å². The van der Waals surface area contributed by atoms with Crippen molar-refractivity contribution in [2.45, 2.75) is 43.5 Å². The Hall–Kier alpha value is -2.46. The number of nitrogens with one attached hydrogen (secondary N) is 2. The molecule has 2 rings (SSSR count). The summed E-state index contributed by atoms with van der Waals surface area (Å²) in [6.45, 7) is 1.40. The Labute approximate surface area is 170 Å². The molecular weight excluding hydrogens is 398 g/mol. The Balaban J connectivity index is 1.87. The van der Waals surface area contributed by atoms with Crippen molar-refractivity contribution in [3.05, 3.63) is 29.8 Å². The van der Waals surface area contributed by atoms with E-state index in [1.165, 1.54) is 38.4 Å². The summed E-state index contributed by atoms with van der Waals surface area (Å²) in [6.07, 6.45) is 4.05. The van der Waals surface area contributed by atoms with Crippen LogP contribution in [-0.2, 0) is 19.6 Å². The minimum Gasteiger partial charge on any atom is -0.452 e. The van der Waals surface area contributed by atoms with Crippen molar-refractivity contribution >= 4 is 27.9 Å². The monoisotopic (exact) mass is 425 g/mol. The van der Waals surface area contributed by atoms with Gasteiger partial charge in [0.15, 0.2) is 6.61 Å². The van der Waals surface area contributed by atoms with E-state index in [-0.39, 0.29) is 16.5 Å². The zero-order chi connectivity index (χ0) is 21.6. The molecule has 1 aromatic carbocycles. The molecule has 1 aliphatic carbocycles. The molecule has 160 valence electrons. The van der Waals surface area contributed by atoms with Gasteiger partial charge in [-0.05, 0) is 37.0 Å². The maximum Gasteiger partial charge on any atom is 0.338 e. The van der Waals surface area contributed by atoms with Crippen LogP contribution in [-0.4, -0.2) is 57.4 Å². The Morgan fingerprint density at radius 3 is 2.52 bits per heavy atom. The van der Waals surface area contributed by atoms with Gasteiger partial charge in [-0.1, -0.05) is 25.8 Å².